The minimum atomic E-state index is -3.45. The molecule has 0 radical (unpaired) electrons. The molecule has 0 spiro atoms. The molecule has 3 N–H and O–H groups in total. The molecule has 0 saturated heterocycles. The van der Waals surface area contributed by atoms with Crippen molar-refractivity contribution in [1.29, 1.82) is 0 Å². The SMILES string of the molecule is CC(=O)Nc1cccc(-c2ccnc3c2CC(C)(C(=O)Nc2cccc(NS(C)(=O)=O)c2)O3)c1. The maximum atomic E-state index is 13.2. The summed E-state index contributed by atoms with van der Waals surface area (Å²) < 4.78 is 31.4. The van der Waals surface area contributed by atoms with Crippen LogP contribution in [0, 0.1) is 0 Å². The number of benzene rings is 2. The number of anilines is 3. The van der Waals surface area contributed by atoms with Crippen LogP contribution in [0.1, 0.15) is 19.4 Å². The number of nitrogens with zero attached hydrogens (tertiary/aromatic N) is 1. The monoisotopic (exact) mass is 480 g/mol. The number of pyridine rings is 1. The summed E-state index contributed by atoms with van der Waals surface area (Å²) in [5.41, 5.74) is 2.71. The quantitative estimate of drug-likeness (QED) is 0.496. The van der Waals surface area contributed by atoms with Crippen LogP contribution in [0.2, 0.25) is 0 Å². The Hall–Kier alpha value is -3.92. The number of carbonyl (C=O) groups is 2. The van der Waals surface area contributed by atoms with Gasteiger partial charge in [-0.05, 0) is 54.4 Å². The Morgan fingerprint density at radius 3 is 2.38 bits per heavy atom. The second-order valence-corrected chi connectivity index (χ2v) is 10.1. The Morgan fingerprint density at radius 1 is 1.00 bits per heavy atom. The number of rotatable bonds is 6. The fraction of sp³-hybridized carbons (Fsp3) is 0.208. The molecular weight excluding hydrogens is 456 g/mol. The highest BCUT2D eigenvalue weighted by atomic mass is 32.2. The summed E-state index contributed by atoms with van der Waals surface area (Å²) in [4.78, 5) is 28.9. The highest BCUT2D eigenvalue weighted by Crippen LogP contribution is 2.40. The van der Waals surface area contributed by atoms with E-state index in [-0.39, 0.29) is 18.2 Å². The van der Waals surface area contributed by atoms with Gasteiger partial charge in [0.25, 0.3) is 5.91 Å². The molecule has 10 heteroatoms. The fourth-order valence-corrected chi connectivity index (χ4v) is 4.38. The van der Waals surface area contributed by atoms with Crippen LogP contribution in [0.5, 0.6) is 5.88 Å². The van der Waals surface area contributed by atoms with Gasteiger partial charge in [0.05, 0.1) is 11.9 Å². The fourth-order valence-electron chi connectivity index (χ4n) is 3.82. The number of sulfonamides is 1. The Bertz CT molecular complexity index is 1390. The molecule has 1 atom stereocenters. The zero-order valence-corrected chi connectivity index (χ0v) is 19.7. The molecule has 2 heterocycles. The number of nitrogens with one attached hydrogen (secondary N) is 3. The van der Waals surface area contributed by atoms with Crippen LogP contribution < -0.4 is 20.1 Å². The molecule has 0 aliphatic carbocycles. The van der Waals surface area contributed by atoms with Gasteiger partial charge in [-0.3, -0.25) is 14.3 Å². The van der Waals surface area contributed by atoms with Crippen LogP contribution in [0.3, 0.4) is 0 Å². The molecule has 0 saturated carbocycles. The van der Waals surface area contributed by atoms with E-state index in [4.69, 9.17) is 4.74 Å². The van der Waals surface area contributed by atoms with E-state index in [0.717, 1.165) is 22.9 Å². The lowest BCUT2D eigenvalue weighted by Gasteiger charge is -2.22. The molecule has 1 aromatic heterocycles. The molecule has 2 amide bonds. The van der Waals surface area contributed by atoms with Gasteiger partial charge < -0.3 is 15.4 Å². The van der Waals surface area contributed by atoms with Crippen molar-refractivity contribution in [3.05, 3.63) is 66.4 Å². The third-order valence-corrected chi connectivity index (χ3v) is 5.86. The van der Waals surface area contributed by atoms with Gasteiger partial charge in [0.1, 0.15) is 0 Å². The van der Waals surface area contributed by atoms with Gasteiger partial charge in [-0.25, -0.2) is 13.4 Å². The van der Waals surface area contributed by atoms with E-state index in [0.29, 0.717) is 22.9 Å². The van der Waals surface area contributed by atoms with Crippen LogP contribution in [-0.2, 0) is 26.0 Å². The Kier molecular flexibility index (Phi) is 6.01. The van der Waals surface area contributed by atoms with E-state index < -0.39 is 15.6 Å². The van der Waals surface area contributed by atoms with Gasteiger partial charge in [-0.1, -0.05) is 18.2 Å². The molecule has 9 nitrogen and oxygen atoms in total. The molecule has 1 aliphatic heterocycles. The lowest BCUT2D eigenvalue weighted by Crippen LogP contribution is -2.44. The van der Waals surface area contributed by atoms with E-state index in [1.807, 2.05) is 24.3 Å². The van der Waals surface area contributed by atoms with Crippen molar-refractivity contribution in [3.63, 3.8) is 0 Å². The average Bonchev–Trinajstić information content (AvgIpc) is 3.10. The maximum Gasteiger partial charge on any atom is 0.268 e. The van der Waals surface area contributed by atoms with Crippen molar-refractivity contribution in [1.82, 2.24) is 4.98 Å². The summed E-state index contributed by atoms with van der Waals surface area (Å²) in [6, 6.07) is 15.7. The minimum Gasteiger partial charge on any atom is -0.461 e. The average molecular weight is 481 g/mol. The first-order chi connectivity index (χ1) is 16.0. The summed E-state index contributed by atoms with van der Waals surface area (Å²) in [5.74, 6) is -0.187. The van der Waals surface area contributed by atoms with Gasteiger partial charge >= 0.3 is 0 Å². The largest absolute Gasteiger partial charge is 0.461 e. The lowest BCUT2D eigenvalue weighted by atomic mass is 9.93. The molecule has 34 heavy (non-hydrogen) atoms. The molecule has 1 unspecified atom stereocenters. The van der Waals surface area contributed by atoms with Crippen molar-refractivity contribution >= 4 is 38.9 Å². The molecule has 0 fully saturated rings. The summed E-state index contributed by atoms with van der Waals surface area (Å²) in [6.07, 6.45) is 2.95. The smallest absolute Gasteiger partial charge is 0.268 e. The number of ether oxygens (including phenoxy) is 1. The Balaban J connectivity index is 1.57. The number of hydrogen-bond acceptors (Lipinski definition) is 6. The number of hydrogen-bond donors (Lipinski definition) is 3. The Labute approximate surface area is 197 Å². The second kappa shape index (κ2) is 8.79. The number of aromatic nitrogens is 1. The summed E-state index contributed by atoms with van der Waals surface area (Å²) in [6.45, 7) is 3.13. The summed E-state index contributed by atoms with van der Waals surface area (Å²) in [5, 5.41) is 5.57. The predicted octanol–water partition coefficient (Wildman–Crippen LogP) is 3.41. The van der Waals surface area contributed by atoms with Gasteiger partial charge in [-0.15, -0.1) is 0 Å². The minimum absolute atomic E-state index is 0.166. The zero-order valence-electron chi connectivity index (χ0n) is 18.9. The molecule has 4 rings (SSSR count). The van der Waals surface area contributed by atoms with Crippen LogP contribution in [-0.4, -0.2) is 37.1 Å². The van der Waals surface area contributed by atoms with Crippen molar-refractivity contribution < 1.29 is 22.7 Å². The van der Waals surface area contributed by atoms with Crippen LogP contribution >= 0.6 is 0 Å². The van der Waals surface area contributed by atoms with Gasteiger partial charge in [0, 0.05) is 36.5 Å². The first-order valence-electron chi connectivity index (χ1n) is 10.5. The molecule has 1 aliphatic rings. The lowest BCUT2D eigenvalue weighted by molar-refractivity contribution is -0.128. The van der Waals surface area contributed by atoms with Crippen molar-refractivity contribution in [3.8, 4) is 17.0 Å². The van der Waals surface area contributed by atoms with Gasteiger partial charge in [0.15, 0.2) is 5.60 Å². The number of amides is 2. The second-order valence-electron chi connectivity index (χ2n) is 8.32. The van der Waals surface area contributed by atoms with E-state index in [1.54, 1.807) is 37.4 Å². The van der Waals surface area contributed by atoms with Crippen LogP contribution in [0.4, 0.5) is 17.1 Å². The van der Waals surface area contributed by atoms with Crippen molar-refractivity contribution in [2.45, 2.75) is 25.9 Å². The predicted molar refractivity (Wildman–Crippen MR) is 130 cm³/mol. The molecule has 0 bridgehead atoms. The van der Waals surface area contributed by atoms with Gasteiger partial charge in [-0.2, -0.15) is 0 Å². The first-order valence-corrected chi connectivity index (χ1v) is 12.4. The van der Waals surface area contributed by atoms with E-state index in [9.17, 15) is 18.0 Å². The normalized spacial score (nSPS) is 16.8. The molecule has 2 aromatic carbocycles. The van der Waals surface area contributed by atoms with Crippen LogP contribution in [0.25, 0.3) is 11.1 Å². The first kappa shape index (κ1) is 23.2. The molecular formula is C24H24N4O5S. The van der Waals surface area contributed by atoms with Crippen LogP contribution in [0.15, 0.2) is 60.8 Å². The zero-order chi connectivity index (χ0) is 24.5. The van der Waals surface area contributed by atoms with E-state index >= 15 is 0 Å². The molecule has 176 valence electrons. The molecule has 3 aromatic rings. The summed E-state index contributed by atoms with van der Waals surface area (Å²) >= 11 is 0. The standard InChI is InChI=1S/C24H24N4O5S/c1-15(29)26-17-7-4-6-16(12-17)20-10-11-25-22-21(20)14-24(2,33-22)23(30)27-18-8-5-9-19(13-18)28-34(3,31)32/h4-13,28H,14H2,1-3H3,(H,26,29)(H,27,30). The van der Waals surface area contributed by atoms with Gasteiger partial charge in [0.2, 0.25) is 21.8 Å². The maximum absolute atomic E-state index is 13.2. The Morgan fingerprint density at radius 2 is 1.68 bits per heavy atom. The third kappa shape index (κ3) is 5.18. The van der Waals surface area contributed by atoms with E-state index in [2.05, 4.69) is 20.3 Å². The number of carbonyl (C=O) groups excluding carboxylic acids is 2. The highest BCUT2D eigenvalue weighted by molar-refractivity contribution is 7.92. The van der Waals surface area contributed by atoms with E-state index in [1.165, 1.54) is 13.0 Å². The summed E-state index contributed by atoms with van der Waals surface area (Å²) in [7, 11) is -3.45. The topological polar surface area (TPSA) is 126 Å². The van der Waals surface area contributed by atoms with Crippen molar-refractivity contribution in [2.24, 2.45) is 0 Å². The van der Waals surface area contributed by atoms with Crippen molar-refractivity contribution in [2.75, 3.05) is 21.6 Å². The number of fused-ring (bicyclic) bond motifs is 1. The highest BCUT2D eigenvalue weighted by Gasteiger charge is 2.44. The third-order valence-electron chi connectivity index (χ3n) is 5.25.